The Labute approximate surface area is 175 Å². The second-order valence-electron chi connectivity index (χ2n) is 5.25. The summed E-state index contributed by atoms with van der Waals surface area (Å²) in [6.45, 7) is 5.29. The van der Waals surface area contributed by atoms with Crippen LogP contribution in [-0.2, 0) is 25.9 Å². The van der Waals surface area contributed by atoms with E-state index in [0.717, 1.165) is 35.4 Å². The van der Waals surface area contributed by atoms with Crippen LogP contribution in [0.5, 0.6) is 0 Å². The van der Waals surface area contributed by atoms with E-state index in [0.29, 0.717) is 29.1 Å². The van der Waals surface area contributed by atoms with Gasteiger partial charge in [0.25, 0.3) is 0 Å². The van der Waals surface area contributed by atoms with Gasteiger partial charge in [-0.05, 0) is 24.1 Å². The van der Waals surface area contributed by atoms with Crippen LogP contribution in [0, 0.1) is 0 Å². The molecule has 0 aliphatic carbocycles. The molecular weight excluding hydrogens is 474 g/mol. The van der Waals surface area contributed by atoms with Gasteiger partial charge in [0.2, 0.25) is 0 Å². The minimum absolute atomic E-state index is 0. The van der Waals surface area contributed by atoms with E-state index in [1.54, 1.807) is 13.1 Å². The number of hydrogen-bond acceptors (Lipinski definition) is 3. The van der Waals surface area contributed by atoms with Crippen molar-refractivity contribution in [2.75, 3.05) is 7.05 Å². The van der Waals surface area contributed by atoms with Gasteiger partial charge >= 0.3 is 0 Å². The first-order chi connectivity index (χ1) is 11.6. The molecule has 2 N–H and O–H groups in total. The SMILES string of the molecule is CCc1noc(CC)c1CNC(=NC)NCc1ccc(Cl)cc1Cl.I. The van der Waals surface area contributed by atoms with Crippen molar-refractivity contribution in [2.24, 2.45) is 4.99 Å². The number of nitrogens with zero attached hydrogens (tertiary/aromatic N) is 2. The summed E-state index contributed by atoms with van der Waals surface area (Å²) < 4.78 is 5.38. The van der Waals surface area contributed by atoms with Crippen LogP contribution < -0.4 is 10.6 Å². The maximum absolute atomic E-state index is 6.19. The van der Waals surface area contributed by atoms with Crippen molar-refractivity contribution in [2.45, 2.75) is 39.8 Å². The number of aliphatic imine (C=N–C) groups is 1. The number of benzene rings is 1. The van der Waals surface area contributed by atoms with Crippen LogP contribution >= 0.6 is 47.2 Å². The zero-order chi connectivity index (χ0) is 17.5. The molecule has 8 heteroatoms. The molecule has 1 aromatic heterocycles. The highest BCUT2D eigenvalue weighted by molar-refractivity contribution is 14.0. The zero-order valence-corrected chi connectivity index (χ0v) is 18.4. The molecule has 2 aromatic rings. The second-order valence-corrected chi connectivity index (χ2v) is 6.10. The third-order valence-corrected chi connectivity index (χ3v) is 4.31. The van der Waals surface area contributed by atoms with Gasteiger partial charge in [0.15, 0.2) is 5.96 Å². The molecule has 2 rings (SSSR count). The van der Waals surface area contributed by atoms with Crippen molar-refractivity contribution in [3.63, 3.8) is 0 Å². The largest absolute Gasteiger partial charge is 0.361 e. The number of aryl methyl sites for hydroxylation is 2. The van der Waals surface area contributed by atoms with E-state index in [4.69, 9.17) is 27.7 Å². The van der Waals surface area contributed by atoms with Crippen molar-refractivity contribution < 1.29 is 4.52 Å². The van der Waals surface area contributed by atoms with Crippen molar-refractivity contribution >= 4 is 53.1 Å². The van der Waals surface area contributed by atoms with Gasteiger partial charge < -0.3 is 15.2 Å². The van der Waals surface area contributed by atoms with Crippen molar-refractivity contribution in [3.05, 3.63) is 50.8 Å². The number of guanidine groups is 1. The predicted octanol–water partition coefficient (Wildman–Crippen LogP) is 4.59. The van der Waals surface area contributed by atoms with E-state index in [1.165, 1.54) is 0 Å². The minimum atomic E-state index is 0. The Hall–Kier alpha value is -0.990. The van der Waals surface area contributed by atoms with Crippen LogP contribution in [0.4, 0.5) is 0 Å². The molecule has 0 unspecified atom stereocenters. The molecule has 0 radical (unpaired) electrons. The molecule has 0 fully saturated rings. The monoisotopic (exact) mass is 496 g/mol. The molecule has 138 valence electrons. The van der Waals surface area contributed by atoms with E-state index < -0.39 is 0 Å². The van der Waals surface area contributed by atoms with Gasteiger partial charge in [0.1, 0.15) is 5.76 Å². The first-order valence-corrected chi connectivity index (χ1v) is 8.69. The Morgan fingerprint density at radius 1 is 1.16 bits per heavy atom. The lowest BCUT2D eigenvalue weighted by Crippen LogP contribution is -2.36. The summed E-state index contributed by atoms with van der Waals surface area (Å²) in [5, 5.41) is 11.9. The molecule has 25 heavy (non-hydrogen) atoms. The Balaban J connectivity index is 0.00000312. The van der Waals surface area contributed by atoms with Gasteiger partial charge in [-0.1, -0.05) is 48.3 Å². The molecule has 0 saturated carbocycles. The summed E-state index contributed by atoms with van der Waals surface area (Å²) in [6.07, 6.45) is 1.66. The lowest BCUT2D eigenvalue weighted by Gasteiger charge is -2.13. The summed E-state index contributed by atoms with van der Waals surface area (Å²) in [6, 6.07) is 5.45. The fraction of sp³-hybridized carbons (Fsp3) is 0.412. The quantitative estimate of drug-likeness (QED) is 0.349. The Morgan fingerprint density at radius 3 is 2.48 bits per heavy atom. The maximum Gasteiger partial charge on any atom is 0.191 e. The Morgan fingerprint density at radius 2 is 1.88 bits per heavy atom. The van der Waals surface area contributed by atoms with E-state index in [1.807, 2.05) is 12.1 Å². The average molecular weight is 497 g/mol. The van der Waals surface area contributed by atoms with Crippen LogP contribution in [0.1, 0.15) is 36.4 Å². The topological polar surface area (TPSA) is 62.5 Å². The molecule has 0 aliphatic heterocycles. The van der Waals surface area contributed by atoms with Gasteiger partial charge in [-0.25, -0.2) is 0 Å². The Kier molecular flexibility index (Phi) is 9.60. The summed E-state index contributed by atoms with van der Waals surface area (Å²) >= 11 is 12.1. The van der Waals surface area contributed by atoms with Crippen molar-refractivity contribution in [1.82, 2.24) is 15.8 Å². The molecule has 1 aromatic carbocycles. The van der Waals surface area contributed by atoms with E-state index in [2.05, 4.69) is 34.6 Å². The summed E-state index contributed by atoms with van der Waals surface area (Å²) in [5.74, 6) is 1.60. The lowest BCUT2D eigenvalue weighted by molar-refractivity contribution is 0.380. The number of rotatable bonds is 6. The normalized spacial score (nSPS) is 11.2. The summed E-state index contributed by atoms with van der Waals surface area (Å²) in [4.78, 5) is 4.24. The van der Waals surface area contributed by atoms with Crippen LogP contribution in [0.15, 0.2) is 27.7 Å². The van der Waals surface area contributed by atoms with E-state index in [-0.39, 0.29) is 24.0 Å². The van der Waals surface area contributed by atoms with Crippen LogP contribution in [0.25, 0.3) is 0 Å². The van der Waals surface area contributed by atoms with Gasteiger partial charge in [-0.3, -0.25) is 4.99 Å². The molecule has 5 nitrogen and oxygen atoms in total. The molecule has 0 saturated heterocycles. The zero-order valence-electron chi connectivity index (χ0n) is 14.5. The van der Waals surface area contributed by atoms with Crippen LogP contribution in [0.3, 0.4) is 0 Å². The standard InChI is InChI=1S/C17H22Cl2N4O.HI/c1-4-15-13(16(5-2)24-23-15)10-22-17(20-3)21-9-11-6-7-12(18)8-14(11)19;/h6-8H,4-5,9-10H2,1-3H3,(H2,20,21,22);1H. The van der Waals surface area contributed by atoms with E-state index >= 15 is 0 Å². The summed E-state index contributed by atoms with van der Waals surface area (Å²) in [7, 11) is 1.73. The van der Waals surface area contributed by atoms with E-state index in [9.17, 15) is 0 Å². The van der Waals surface area contributed by atoms with Crippen molar-refractivity contribution in [1.29, 1.82) is 0 Å². The Bertz CT molecular complexity index is 697. The van der Waals surface area contributed by atoms with Crippen LogP contribution in [-0.4, -0.2) is 18.2 Å². The van der Waals surface area contributed by atoms with Gasteiger partial charge in [0.05, 0.1) is 5.69 Å². The molecule has 0 aliphatic rings. The minimum Gasteiger partial charge on any atom is -0.361 e. The number of aromatic nitrogens is 1. The predicted molar refractivity (Wildman–Crippen MR) is 114 cm³/mol. The van der Waals surface area contributed by atoms with Crippen LogP contribution in [0.2, 0.25) is 10.0 Å². The smallest absolute Gasteiger partial charge is 0.191 e. The summed E-state index contributed by atoms with van der Waals surface area (Å²) in [5.41, 5.74) is 3.04. The molecular formula is C17H23Cl2IN4O. The molecule has 0 bridgehead atoms. The molecule has 0 amide bonds. The lowest BCUT2D eigenvalue weighted by atomic mass is 10.1. The first-order valence-electron chi connectivity index (χ1n) is 7.93. The number of nitrogens with one attached hydrogen (secondary N) is 2. The molecule has 1 heterocycles. The third-order valence-electron chi connectivity index (χ3n) is 3.72. The highest BCUT2D eigenvalue weighted by Gasteiger charge is 2.13. The number of hydrogen-bond donors (Lipinski definition) is 2. The van der Waals surface area contributed by atoms with Crippen molar-refractivity contribution in [3.8, 4) is 0 Å². The first kappa shape index (κ1) is 22.1. The molecule has 0 atom stereocenters. The maximum atomic E-state index is 6.19. The third kappa shape index (κ3) is 6.04. The fourth-order valence-corrected chi connectivity index (χ4v) is 2.85. The van der Waals surface area contributed by atoms with Gasteiger partial charge in [0, 0.05) is 42.2 Å². The van der Waals surface area contributed by atoms with Gasteiger partial charge in [-0.15, -0.1) is 24.0 Å². The fourth-order valence-electron chi connectivity index (χ4n) is 2.37. The second kappa shape index (κ2) is 10.9. The number of halogens is 3. The highest BCUT2D eigenvalue weighted by atomic mass is 127. The van der Waals surface area contributed by atoms with Gasteiger partial charge in [-0.2, -0.15) is 0 Å². The highest BCUT2D eigenvalue weighted by Crippen LogP contribution is 2.20. The molecule has 0 spiro atoms. The average Bonchev–Trinajstić information content (AvgIpc) is 2.98.